The monoisotopic (exact) mass is 306 g/mol. The van der Waals surface area contributed by atoms with Gasteiger partial charge in [-0.1, -0.05) is 27.7 Å². The van der Waals surface area contributed by atoms with Gasteiger partial charge in [0.05, 0.1) is 5.60 Å². The summed E-state index contributed by atoms with van der Waals surface area (Å²) in [7, 11) is -1.89. The van der Waals surface area contributed by atoms with Crippen molar-refractivity contribution in [2.24, 2.45) is 5.41 Å². The molecule has 0 spiro atoms. The molecule has 2 atom stereocenters. The van der Waals surface area contributed by atoms with Crippen molar-refractivity contribution in [3.05, 3.63) is 0 Å². The van der Waals surface area contributed by atoms with Gasteiger partial charge in [-0.3, -0.25) is 0 Å². The van der Waals surface area contributed by atoms with Crippen molar-refractivity contribution in [3.8, 4) is 0 Å². The Hall–Kier alpha value is 0.877. The van der Waals surface area contributed by atoms with Gasteiger partial charge in [0, 0.05) is 9.75 Å². The number of hydrogen-bond acceptors (Lipinski definition) is 3. The first-order valence-corrected chi connectivity index (χ1v) is 10.5. The first-order valence-electron chi connectivity index (χ1n) is 7.19. The van der Waals surface area contributed by atoms with Crippen LogP contribution in [0.1, 0.15) is 60.8 Å². The van der Waals surface area contributed by atoms with Gasteiger partial charge in [-0.15, -0.1) is 0 Å². The molecular weight excluding hydrogens is 276 g/mol. The maximum atomic E-state index is 6.77. The second-order valence-corrected chi connectivity index (χ2v) is 13.0. The van der Waals surface area contributed by atoms with Gasteiger partial charge in [-0.05, 0) is 44.6 Å². The Bertz CT molecular complexity index is 282. The molecule has 1 nitrogen and oxygen atoms in total. The topological polar surface area (TPSA) is 9.23 Å². The van der Waals surface area contributed by atoms with Gasteiger partial charge in [0.25, 0.3) is 0 Å². The molecular formula is C14H30OS2Si. The van der Waals surface area contributed by atoms with Crippen molar-refractivity contribution >= 4 is 33.6 Å². The van der Waals surface area contributed by atoms with Crippen molar-refractivity contribution in [1.82, 2.24) is 0 Å². The van der Waals surface area contributed by atoms with Crippen LogP contribution in [0.25, 0.3) is 0 Å². The van der Waals surface area contributed by atoms with Crippen LogP contribution in [0.3, 0.4) is 0 Å². The SMILES string of the molecule is CCC(S)[Si]1(C(S)CC)CCC(C)(C)C(C)(C)O1. The summed E-state index contributed by atoms with van der Waals surface area (Å²) >= 11 is 9.75. The molecule has 18 heavy (non-hydrogen) atoms. The lowest BCUT2D eigenvalue weighted by Crippen LogP contribution is -2.65. The fraction of sp³-hybridized carbons (Fsp3) is 1.00. The van der Waals surface area contributed by atoms with Gasteiger partial charge in [-0.25, -0.2) is 0 Å². The van der Waals surface area contributed by atoms with E-state index in [0.29, 0.717) is 9.75 Å². The Balaban J connectivity index is 3.09. The summed E-state index contributed by atoms with van der Waals surface area (Å²) < 4.78 is 6.77. The Kier molecular flexibility index (Phi) is 5.37. The van der Waals surface area contributed by atoms with Crippen molar-refractivity contribution in [2.75, 3.05) is 0 Å². The normalized spacial score (nSPS) is 34.0. The molecule has 1 aliphatic rings. The number of thiol groups is 2. The van der Waals surface area contributed by atoms with Crippen LogP contribution in [0.2, 0.25) is 6.04 Å². The summed E-state index contributed by atoms with van der Waals surface area (Å²) in [6.07, 6.45) is 3.41. The molecule has 0 radical (unpaired) electrons. The third-order valence-corrected chi connectivity index (χ3v) is 13.5. The molecule has 0 amide bonds. The number of hydrogen-bond donors (Lipinski definition) is 2. The van der Waals surface area contributed by atoms with E-state index in [-0.39, 0.29) is 11.0 Å². The summed E-state index contributed by atoms with van der Waals surface area (Å²) in [4.78, 5) is 0.797. The highest BCUT2D eigenvalue weighted by atomic mass is 32.1. The molecule has 1 saturated heterocycles. The zero-order valence-electron chi connectivity index (χ0n) is 12.8. The molecule has 1 heterocycles. The minimum atomic E-state index is -1.89. The fourth-order valence-electron chi connectivity index (χ4n) is 2.86. The van der Waals surface area contributed by atoms with Crippen LogP contribution in [0.15, 0.2) is 0 Å². The summed E-state index contributed by atoms with van der Waals surface area (Å²) in [5.41, 5.74) is 0.176. The predicted molar refractivity (Wildman–Crippen MR) is 90.3 cm³/mol. The quantitative estimate of drug-likeness (QED) is 0.568. The zero-order valence-corrected chi connectivity index (χ0v) is 15.6. The molecule has 1 fully saturated rings. The van der Waals surface area contributed by atoms with Gasteiger partial charge < -0.3 is 4.43 Å². The van der Waals surface area contributed by atoms with Gasteiger partial charge in [0.1, 0.15) is 0 Å². The Morgan fingerprint density at radius 1 is 1.06 bits per heavy atom. The Labute approximate surface area is 125 Å². The Morgan fingerprint density at radius 3 is 1.83 bits per heavy atom. The fourth-order valence-corrected chi connectivity index (χ4v) is 10.5. The average Bonchev–Trinajstić information content (AvgIpc) is 2.30. The Morgan fingerprint density at radius 2 is 1.50 bits per heavy atom. The number of rotatable bonds is 4. The second kappa shape index (κ2) is 5.70. The van der Waals surface area contributed by atoms with E-state index in [0.717, 1.165) is 12.8 Å². The lowest BCUT2D eigenvalue weighted by atomic mass is 9.75. The first kappa shape index (κ1) is 16.9. The minimum absolute atomic E-state index is 0.0657. The largest absolute Gasteiger partial charge is 0.409 e. The molecule has 1 aliphatic heterocycles. The van der Waals surface area contributed by atoms with E-state index in [1.807, 2.05) is 0 Å². The van der Waals surface area contributed by atoms with Crippen molar-refractivity contribution in [1.29, 1.82) is 0 Å². The lowest BCUT2D eigenvalue weighted by Gasteiger charge is -2.56. The second-order valence-electron chi connectivity index (χ2n) is 6.80. The van der Waals surface area contributed by atoms with Gasteiger partial charge in [0.15, 0.2) is 0 Å². The highest BCUT2D eigenvalue weighted by Crippen LogP contribution is 2.50. The molecule has 4 heteroatoms. The molecule has 0 aromatic rings. The molecule has 108 valence electrons. The van der Waals surface area contributed by atoms with Crippen LogP contribution in [-0.2, 0) is 4.43 Å². The van der Waals surface area contributed by atoms with Crippen LogP contribution >= 0.6 is 25.3 Å². The molecule has 0 aromatic carbocycles. The highest BCUT2D eigenvalue weighted by Gasteiger charge is 2.56. The van der Waals surface area contributed by atoms with E-state index in [9.17, 15) is 0 Å². The molecule has 2 unspecified atom stereocenters. The van der Waals surface area contributed by atoms with Gasteiger partial charge in [0.2, 0.25) is 8.32 Å². The van der Waals surface area contributed by atoms with Gasteiger partial charge in [-0.2, -0.15) is 25.3 Å². The van der Waals surface area contributed by atoms with Gasteiger partial charge >= 0.3 is 0 Å². The van der Waals surface area contributed by atoms with E-state index >= 15 is 0 Å². The molecule has 0 aromatic heterocycles. The maximum absolute atomic E-state index is 6.77. The predicted octanol–water partition coefficient (Wildman–Crippen LogP) is 4.65. The standard InChI is InChI=1S/C14H30OS2Si/c1-7-11(16)18(12(17)8-2)10-9-13(3,4)14(5,6)15-18/h11-12,16-17H,7-10H2,1-6H3. The van der Waals surface area contributed by atoms with Crippen LogP contribution in [0.4, 0.5) is 0 Å². The smallest absolute Gasteiger partial charge is 0.218 e. The third kappa shape index (κ3) is 2.81. The minimum Gasteiger partial charge on any atom is -0.409 e. The summed E-state index contributed by atoms with van der Waals surface area (Å²) in [5.74, 6) is 0. The molecule has 0 N–H and O–H groups in total. The average molecular weight is 307 g/mol. The van der Waals surface area contributed by atoms with Crippen molar-refractivity contribution < 1.29 is 4.43 Å². The van der Waals surface area contributed by atoms with E-state index in [2.05, 4.69) is 41.5 Å². The van der Waals surface area contributed by atoms with Crippen LogP contribution in [0.5, 0.6) is 0 Å². The highest BCUT2D eigenvalue weighted by molar-refractivity contribution is 7.86. The van der Waals surface area contributed by atoms with E-state index in [1.165, 1.54) is 12.5 Å². The van der Waals surface area contributed by atoms with Crippen LogP contribution in [0, 0.1) is 5.41 Å². The molecule has 0 aliphatic carbocycles. The van der Waals surface area contributed by atoms with Crippen LogP contribution in [-0.4, -0.2) is 23.7 Å². The first-order chi connectivity index (χ1) is 8.13. The zero-order chi connectivity index (χ0) is 14.2. The lowest BCUT2D eigenvalue weighted by molar-refractivity contribution is -0.0429. The van der Waals surface area contributed by atoms with E-state index in [1.54, 1.807) is 0 Å². The third-order valence-electron chi connectivity index (χ3n) is 5.12. The van der Waals surface area contributed by atoms with E-state index in [4.69, 9.17) is 29.7 Å². The van der Waals surface area contributed by atoms with Crippen molar-refractivity contribution in [2.45, 2.75) is 82.2 Å². The maximum Gasteiger partial charge on any atom is 0.218 e. The summed E-state index contributed by atoms with van der Waals surface area (Å²) in [5, 5.41) is 0. The summed E-state index contributed by atoms with van der Waals surface area (Å²) in [6.45, 7) is 13.6. The molecule has 0 bridgehead atoms. The van der Waals surface area contributed by atoms with Crippen LogP contribution < -0.4 is 0 Å². The van der Waals surface area contributed by atoms with E-state index < -0.39 is 8.32 Å². The summed E-state index contributed by atoms with van der Waals surface area (Å²) in [6, 6.07) is 1.20. The molecule has 0 saturated carbocycles. The van der Waals surface area contributed by atoms with Crippen molar-refractivity contribution in [3.63, 3.8) is 0 Å². The molecule has 1 rings (SSSR count).